The Morgan fingerprint density at radius 1 is 0.862 bits per heavy atom. The summed E-state index contributed by atoms with van der Waals surface area (Å²) in [6.07, 6.45) is 1.000. The molecule has 3 aromatic rings. The van der Waals surface area contributed by atoms with Crippen molar-refractivity contribution in [3.8, 4) is 11.5 Å². The van der Waals surface area contributed by atoms with Crippen LogP contribution in [-0.4, -0.2) is 6.61 Å². The second-order valence-corrected chi connectivity index (χ2v) is 8.39. The molecule has 0 aliphatic carbocycles. The summed E-state index contributed by atoms with van der Waals surface area (Å²) < 4.78 is 13.9. The first kappa shape index (κ1) is 21.7. The maximum atomic E-state index is 6.09. The van der Waals surface area contributed by atoms with E-state index < -0.39 is 0 Å². The minimum absolute atomic E-state index is 0.480. The van der Waals surface area contributed by atoms with Crippen LogP contribution in [-0.2, 0) is 19.6 Å². The third kappa shape index (κ3) is 6.00. The van der Waals surface area contributed by atoms with E-state index in [1.54, 1.807) is 0 Å². The second kappa shape index (κ2) is 10.7. The summed E-state index contributed by atoms with van der Waals surface area (Å²) in [5.41, 5.74) is 4.71. The van der Waals surface area contributed by atoms with Crippen LogP contribution >= 0.6 is 31.9 Å². The highest BCUT2D eigenvalue weighted by Gasteiger charge is 2.13. The summed E-state index contributed by atoms with van der Waals surface area (Å²) in [6.45, 7) is 5.92. The predicted octanol–water partition coefficient (Wildman–Crippen LogP) is 7.36. The summed E-state index contributed by atoms with van der Waals surface area (Å²) >= 11 is 7.13. The molecule has 0 saturated carbocycles. The number of halogens is 2. The molecule has 0 unspecified atom stereocenters. The lowest BCUT2D eigenvalue weighted by atomic mass is 10.1. The van der Waals surface area contributed by atoms with Gasteiger partial charge in [0.25, 0.3) is 0 Å². The van der Waals surface area contributed by atoms with Gasteiger partial charge in [-0.2, -0.15) is 0 Å². The van der Waals surface area contributed by atoms with Crippen molar-refractivity contribution < 1.29 is 9.47 Å². The van der Waals surface area contributed by atoms with Gasteiger partial charge in [-0.1, -0.05) is 53.2 Å². The SMILES string of the molecule is CCOc1cc(CNc2ccccc2CC)cc(Br)c1OCc1ccc(Br)cc1. The van der Waals surface area contributed by atoms with Gasteiger partial charge in [0.1, 0.15) is 6.61 Å². The van der Waals surface area contributed by atoms with Gasteiger partial charge in [0.2, 0.25) is 0 Å². The highest BCUT2D eigenvalue weighted by molar-refractivity contribution is 9.10. The molecule has 0 saturated heterocycles. The fourth-order valence-corrected chi connectivity index (χ4v) is 3.93. The first-order chi connectivity index (χ1) is 14.1. The minimum atomic E-state index is 0.480. The quantitative estimate of drug-likeness (QED) is 0.321. The average molecular weight is 519 g/mol. The van der Waals surface area contributed by atoms with Crippen LogP contribution in [0.15, 0.2) is 69.6 Å². The fraction of sp³-hybridized carbons (Fsp3) is 0.250. The minimum Gasteiger partial charge on any atom is -0.490 e. The molecule has 0 atom stereocenters. The lowest BCUT2D eigenvalue weighted by Crippen LogP contribution is -2.05. The Bertz CT molecular complexity index is 942. The Hall–Kier alpha value is -1.98. The average Bonchev–Trinajstić information content (AvgIpc) is 2.73. The van der Waals surface area contributed by atoms with E-state index in [1.807, 2.05) is 37.3 Å². The smallest absolute Gasteiger partial charge is 0.175 e. The van der Waals surface area contributed by atoms with Crippen molar-refractivity contribution in [1.82, 2.24) is 0 Å². The van der Waals surface area contributed by atoms with Gasteiger partial charge in [0.15, 0.2) is 11.5 Å². The monoisotopic (exact) mass is 517 g/mol. The van der Waals surface area contributed by atoms with Crippen LogP contribution in [0, 0.1) is 0 Å². The number of benzene rings is 3. The van der Waals surface area contributed by atoms with Gasteiger partial charge in [-0.25, -0.2) is 0 Å². The van der Waals surface area contributed by atoms with Gasteiger partial charge in [-0.15, -0.1) is 0 Å². The van der Waals surface area contributed by atoms with E-state index >= 15 is 0 Å². The van der Waals surface area contributed by atoms with Crippen LogP contribution in [0.3, 0.4) is 0 Å². The maximum absolute atomic E-state index is 6.09. The van der Waals surface area contributed by atoms with Crippen LogP contribution in [0.2, 0.25) is 0 Å². The number of ether oxygens (including phenoxy) is 2. The van der Waals surface area contributed by atoms with Crippen LogP contribution in [0.25, 0.3) is 0 Å². The lowest BCUT2D eigenvalue weighted by Gasteiger charge is -2.17. The fourth-order valence-electron chi connectivity index (χ4n) is 3.06. The molecule has 0 bridgehead atoms. The Labute approximate surface area is 189 Å². The molecule has 0 aliphatic rings. The van der Waals surface area contributed by atoms with Gasteiger partial charge < -0.3 is 14.8 Å². The van der Waals surface area contributed by atoms with Gasteiger partial charge in [0.05, 0.1) is 11.1 Å². The molecule has 3 rings (SSSR count). The standard InChI is InChI=1S/C24H25Br2NO2/c1-3-19-7-5-6-8-22(19)27-15-18-13-21(26)24(23(14-18)28-4-2)29-16-17-9-11-20(25)12-10-17/h5-14,27H,3-4,15-16H2,1-2H3. The number of aryl methyl sites for hydroxylation is 1. The van der Waals surface area contributed by atoms with Gasteiger partial charge in [-0.05, 0) is 76.3 Å². The van der Waals surface area contributed by atoms with Crippen molar-refractivity contribution in [2.45, 2.75) is 33.4 Å². The van der Waals surface area contributed by atoms with Crippen LogP contribution in [0.4, 0.5) is 5.69 Å². The van der Waals surface area contributed by atoms with Crippen molar-refractivity contribution in [3.63, 3.8) is 0 Å². The molecule has 152 valence electrons. The number of anilines is 1. The van der Waals surface area contributed by atoms with E-state index in [0.717, 1.165) is 38.0 Å². The van der Waals surface area contributed by atoms with E-state index in [9.17, 15) is 0 Å². The highest BCUT2D eigenvalue weighted by atomic mass is 79.9. The molecular formula is C24H25Br2NO2. The molecule has 3 aromatic carbocycles. The maximum Gasteiger partial charge on any atom is 0.175 e. The summed E-state index contributed by atoms with van der Waals surface area (Å²) in [6, 6.07) is 20.7. The molecule has 5 heteroatoms. The summed E-state index contributed by atoms with van der Waals surface area (Å²) in [5, 5.41) is 3.54. The summed E-state index contributed by atoms with van der Waals surface area (Å²) in [7, 11) is 0. The van der Waals surface area contributed by atoms with E-state index in [2.05, 4.69) is 74.4 Å². The molecule has 1 N–H and O–H groups in total. The van der Waals surface area contributed by atoms with E-state index in [4.69, 9.17) is 9.47 Å². The zero-order valence-corrected chi connectivity index (χ0v) is 19.8. The first-order valence-corrected chi connectivity index (χ1v) is 11.3. The third-order valence-corrected chi connectivity index (χ3v) is 5.66. The summed E-state index contributed by atoms with van der Waals surface area (Å²) in [5.74, 6) is 1.48. The van der Waals surface area contributed by atoms with Crippen LogP contribution < -0.4 is 14.8 Å². The first-order valence-electron chi connectivity index (χ1n) is 9.75. The van der Waals surface area contributed by atoms with Crippen LogP contribution in [0.5, 0.6) is 11.5 Å². The van der Waals surface area contributed by atoms with Crippen molar-refractivity contribution in [2.24, 2.45) is 0 Å². The second-order valence-electron chi connectivity index (χ2n) is 6.62. The van der Waals surface area contributed by atoms with Crippen molar-refractivity contribution in [1.29, 1.82) is 0 Å². The van der Waals surface area contributed by atoms with E-state index in [1.165, 1.54) is 11.3 Å². The predicted molar refractivity (Wildman–Crippen MR) is 127 cm³/mol. The third-order valence-electron chi connectivity index (χ3n) is 4.55. The molecular weight excluding hydrogens is 494 g/mol. The summed E-state index contributed by atoms with van der Waals surface area (Å²) in [4.78, 5) is 0. The Balaban J connectivity index is 1.75. The molecule has 0 aromatic heterocycles. The highest BCUT2D eigenvalue weighted by Crippen LogP contribution is 2.38. The van der Waals surface area contributed by atoms with Gasteiger partial charge in [-0.3, -0.25) is 0 Å². The molecule has 0 aliphatic heterocycles. The molecule has 29 heavy (non-hydrogen) atoms. The Kier molecular flexibility index (Phi) is 8.01. The van der Waals surface area contributed by atoms with E-state index in [-0.39, 0.29) is 0 Å². The molecule has 0 fully saturated rings. The van der Waals surface area contributed by atoms with Crippen molar-refractivity contribution in [3.05, 3.63) is 86.3 Å². The number of para-hydroxylation sites is 1. The largest absolute Gasteiger partial charge is 0.490 e. The molecule has 0 amide bonds. The normalized spacial score (nSPS) is 10.6. The van der Waals surface area contributed by atoms with Crippen molar-refractivity contribution in [2.75, 3.05) is 11.9 Å². The Morgan fingerprint density at radius 3 is 2.34 bits per heavy atom. The zero-order chi connectivity index (χ0) is 20.6. The number of hydrogen-bond acceptors (Lipinski definition) is 3. The zero-order valence-electron chi connectivity index (χ0n) is 16.7. The van der Waals surface area contributed by atoms with Gasteiger partial charge >= 0.3 is 0 Å². The molecule has 0 radical (unpaired) electrons. The van der Waals surface area contributed by atoms with Gasteiger partial charge in [0, 0.05) is 16.7 Å². The topological polar surface area (TPSA) is 30.5 Å². The number of rotatable bonds is 9. The molecule has 3 nitrogen and oxygen atoms in total. The van der Waals surface area contributed by atoms with E-state index in [0.29, 0.717) is 19.8 Å². The molecule has 0 heterocycles. The number of nitrogens with one attached hydrogen (secondary N) is 1. The van der Waals surface area contributed by atoms with Crippen LogP contribution in [0.1, 0.15) is 30.5 Å². The molecule has 0 spiro atoms. The Morgan fingerprint density at radius 2 is 1.62 bits per heavy atom. The number of hydrogen-bond donors (Lipinski definition) is 1. The van der Waals surface area contributed by atoms with Crippen molar-refractivity contribution >= 4 is 37.5 Å². The lowest BCUT2D eigenvalue weighted by molar-refractivity contribution is 0.267.